The molecule has 0 saturated carbocycles. The van der Waals surface area contributed by atoms with Gasteiger partial charge in [-0.1, -0.05) is 62.4 Å². The summed E-state index contributed by atoms with van der Waals surface area (Å²) in [6.45, 7) is 3.81. The maximum atomic E-state index is 12.6. The summed E-state index contributed by atoms with van der Waals surface area (Å²) in [6, 6.07) is 13.8. The molecule has 1 aliphatic carbocycles. The van der Waals surface area contributed by atoms with E-state index in [1.54, 1.807) is 0 Å². The summed E-state index contributed by atoms with van der Waals surface area (Å²) in [7, 11) is 0. The Hall–Kier alpha value is -3.79. The number of amides is 2. The van der Waals surface area contributed by atoms with Crippen molar-refractivity contribution in [3.05, 3.63) is 59.7 Å². The van der Waals surface area contributed by atoms with Gasteiger partial charge in [0.2, 0.25) is 5.91 Å². The molecule has 7 nitrogen and oxygen atoms in total. The number of aliphatic carboxylic acids is 1. The van der Waals surface area contributed by atoms with Gasteiger partial charge in [0.15, 0.2) is 0 Å². The minimum atomic E-state index is -1.14. The van der Waals surface area contributed by atoms with Crippen LogP contribution in [0.15, 0.2) is 48.5 Å². The molecular weight excluding hydrogens is 420 g/mol. The number of hydrogen-bond donors (Lipinski definition) is 3. The predicted octanol–water partition coefficient (Wildman–Crippen LogP) is 3.53. The Bertz CT molecular complexity index is 1030. The zero-order valence-corrected chi connectivity index (χ0v) is 18.7. The van der Waals surface area contributed by atoms with Gasteiger partial charge in [0.05, 0.1) is 0 Å². The molecule has 0 aromatic heterocycles. The van der Waals surface area contributed by atoms with E-state index in [0.29, 0.717) is 0 Å². The third-order valence-corrected chi connectivity index (χ3v) is 5.60. The number of carboxylic acid groups (broad SMARTS) is 1. The summed E-state index contributed by atoms with van der Waals surface area (Å²) in [4.78, 5) is 36.6. The fourth-order valence-corrected chi connectivity index (χ4v) is 4.07. The van der Waals surface area contributed by atoms with E-state index in [1.807, 2.05) is 62.4 Å². The van der Waals surface area contributed by atoms with Crippen molar-refractivity contribution in [1.82, 2.24) is 10.6 Å². The van der Waals surface area contributed by atoms with Crippen molar-refractivity contribution >= 4 is 18.0 Å². The molecule has 0 bridgehead atoms. The van der Waals surface area contributed by atoms with Gasteiger partial charge in [-0.3, -0.25) is 4.79 Å². The number of terminal acetylenes is 1. The molecule has 1 aliphatic rings. The van der Waals surface area contributed by atoms with E-state index >= 15 is 0 Å². The second kappa shape index (κ2) is 10.7. The van der Waals surface area contributed by atoms with Gasteiger partial charge in [0.25, 0.3) is 0 Å². The van der Waals surface area contributed by atoms with Crippen LogP contribution in [0.3, 0.4) is 0 Å². The zero-order valence-electron chi connectivity index (χ0n) is 18.7. The first-order valence-corrected chi connectivity index (χ1v) is 10.9. The van der Waals surface area contributed by atoms with Crippen LogP contribution in [0.1, 0.15) is 43.7 Å². The van der Waals surface area contributed by atoms with Crippen LogP contribution in [-0.2, 0) is 14.3 Å². The first-order valence-electron chi connectivity index (χ1n) is 10.9. The summed E-state index contributed by atoms with van der Waals surface area (Å²) in [5.74, 6) is 0.486. The number of ether oxygens (including phenoxy) is 1. The topological polar surface area (TPSA) is 105 Å². The maximum Gasteiger partial charge on any atom is 0.407 e. The first kappa shape index (κ1) is 23.9. The third-order valence-electron chi connectivity index (χ3n) is 5.60. The van der Waals surface area contributed by atoms with Crippen molar-refractivity contribution in [3.8, 4) is 23.5 Å². The normalized spacial score (nSPS) is 13.9. The summed E-state index contributed by atoms with van der Waals surface area (Å²) < 4.78 is 5.47. The monoisotopic (exact) mass is 448 g/mol. The summed E-state index contributed by atoms with van der Waals surface area (Å²) >= 11 is 0. The van der Waals surface area contributed by atoms with Crippen molar-refractivity contribution in [1.29, 1.82) is 0 Å². The molecule has 33 heavy (non-hydrogen) atoms. The summed E-state index contributed by atoms with van der Waals surface area (Å²) in [6.07, 6.45) is 4.73. The van der Waals surface area contributed by atoms with Crippen LogP contribution in [0, 0.1) is 18.3 Å². The van der Waals surface area contributed by atoms with E-state index in [9.17, 15) is 19.5 Å². The van der Waals surface area contributed by atoms with Gasteiger partial charge in [-0.15, -0.1) is 12.3 Å². The molecular formula is C26H28N2O5. The zero-order chi connectivity index (χ0) is 24.0. The molecule has 172 valence electrons. The SMILES string of the molecule is C#CCC(NC(=O)OCC1c2ccccc2-c2ccccc21)C(=O)N[C@H](CC(C)C)C(=O)O. The molecule has 2 amide bonds. The van der Waals surface area contributed by atoms with Crippen LogP contribution < -0.4 is 10.6 Å². The number of carbonyl (C=O) groups excluding carboxylic acids is 2. The highest BCUT2D eigenvalue weighted by molar-refractivity contribution is 5.89. The lowest BCUT2D eigenvalue weighted by Crippen LogP contribution is -2.52. The van der Waals surface area contributed by atoms with Crippen molar-refractivity contribution < 1.29 is 24.2 Å². The van der Waals surface area contributed by atoms with E-state index in [4.69, 9.17) is 11.2 Å². The number of hydrogen-bond acceptors (Lipinski definition) is 4. The molecule has 3 N–H and O–H groups in total. The second-order valence-electron chi connectivity index (χ2n) is 8.46. The van der Waals surface area contributed by atoms with E-state index in [0.717, 1.165) is 22.3 Å². The number of nitrogens with one attached hydrogen (secondary N) is 2. The number of alkyl carbamates (subject to hydrolysis) is 1. The molecule has 1 unspecified atom stereocenters. The van der Waals surface area contributed by atoms with E-state index < -0.39 is 30.1 Å². The van der Waals surface area contributed by atoms with E-state index in [2.05, 4.69) is 16.6 Å². The Morgan fingerprint density at radius 3 is 2.09 bits per heavy atom. The van der Waals surface area contributed by atoms with Gasteiger partial charge in [0.1, 0.15) is 18.7 Å². The Kier molecular flexibility index (Phi) is 7.73. The quantitative estimate of drug-likeness (QED) is 0.509. The average molecular weight is 449 g/mol. The van der Waals surface area contributed by atoms with Crippen LogP contribution in [0.2, 0.25) is 0 Å². The lowest BCUT2D eigenvalue weighted by atomic mass is 9.98. The van der Waals surface area contributed by atoms with Crippen LogP contribution in [0.5, 0.6) is 0 Å². The lowest BCUT2D eigenvalue weighted by Gasteiger charge is -2.21. The largest absolute Gasteiger partial charge is 0.480 e. The Labute approximate surface area is 193 Å². The summed E-state index contributed by atoms with van der Waals surface area (Å²) in [5.41, 5.74) is 4.36. The highest BCUT2D eigenvalue weighted by atomic mass is 16.5. The Morgan fingerprint density at radius 2 is 1.58 bits per heavy atom. The number of carboxylic acids is 1. The smallest absolute Gasteiger partial charge is 0.407 e. The number of rotatable bonds is 9. The molecule has 0 radical (unpaired) electrons. The van der Waals surface area contributed by atoms with Crippen molar-refractivity contribution in [3.63, 3.8) is 0 Å². The molecule has 2 aromatic carbocycles. The third kappa shape index (κ3) is 5.72. The Morgan fingerprint density at radius 1 is 1.00 bits per heavy atom. The van der Waals surface area contributed by atoms with Crippen molar-refractivity contribution in [2.24, 2.45) is 5.92 Å². The van der Waals surface area contributed by atoms with Gasteiger partial charge in [-0.25, -0.2) is 9.59 Å². The standard InChI is InChI=1S/C26H28N2O5/c1-4-9-22(24(29)27-23(25(30)31)14-16(2)3)28-26(32)33-15-21-19-12-7-5-10-17(19)18-11-6-8-13-20(18)21/h1,5-8,10-13,16,21-23H,9,14-15H2,2-3H3,(H,27,29)(H,28,32)(H,30,31)/t22?,23-/m1/s1. The van der Waals surface area contributed by atoms with Gasteiger partial charge in [0, 0.05) is 12.3 Å². The lowest BCUT2D eigenvalue weighted by molar-refractivity contribution is -0.142. The molecule has 0 heterocycles. The molecule has 0 aliphatic heterocycles. The number of carbonyl (C=O) groups is 3. The summed E-state index contributed by atoms with van der Waals surface area (Å²) in [5, 5.41) is 14.3. The molecule has 2 aromatic rings. The molecule has 7 heteroatoms. The molecule has 0 fully saturated rings. The van der Waals surface area contributed by atoms with Crippen molar-refractivity contribution in [2.75, 3.05) is 6.61 Å². The highest BCUT2D eigenvalue weighted by Crippen LogP contribution is 2.44. The fourth-order valence-electron chi connectivity index (χ4n) is 4.07. The second-order valence-corrected chi connectivity index (χ2v) is 8.46. The van der Waals surface area contributed by atoms with E-state index in [1.165, 1.54) is 0 Å². The number of fused-ring (bicyclic) bond motifs is 3. The molecule has 2 atom stereocenters. The first-order chi connectivity index (χ1) is 15.8. The van der Waals surface area contributed by atoms with Crippen LogP contribution in [0.4, 0.5) is 4.79 Å². The Balaban J connectivity index is 1.64. The van der Waals surface area contributed by atoms with Crippen molar-refractivity contribution in [2.45, 2.75) is 44.7 Å². The fraction of sp³-hybridized carbons (Fsp3) is 0.346. The molecule has 0 spiro atoms. The average Bonchev–Trinajstić information content (AvgIpc) is 3.10. The minimum Gasteiger partial charge on any atom is -0.480 e. The minimum absolute atomic E-state index is 0.0626. The van der Waals surface area contributed by atoms with Crippen LogP contribution in [0.25, 0.3) is 11.1 Å². The molecule has 0 saturated heterocycles. The predicted molar refractivity (Wildman–Crippen MR) is 124 cm³/mol. The van der Waals surface area contributed by atoms with Crippen LogP contribution >= 0.6 is 0 Å². The van der Waals surface area contributed by atoms with Gasteiger partial charge in [-0.2, -0.15) is 0 Å². The van der Waals surface area contributed by atoms with Crippen LogP contribution in [-0.4, -0.2) is 41.8 Å². The maximum absolute atomic E-state index is 12.6. The van der Waals surface area contributed by atoms with Gasteiger partial charge >= 0.3 is 12.1 Å². The number of benzene rings is 2. The van der Waals surface area contributed by atoms with Gasteiger partial charge < -0.3 is 20.5 Å². The highest BCUT2D eigenvalue weighted by Gasteiger charge is 2.30. The van der Waals surface area contributed by atoms with Gasteiger partial charge in [-0.05, 0) is 34.6 Å². The van der Waals surface area contributed by atoms with E-state index in [-0.39, 0.29) is 31.3 Å². The molecule has 3 rings (SSSR count).